The van der Waals surface area contributed by atoms with Crippen molar-refractivity contribution in [3.8, 4) is 0 Å². The summed E-state index contributed by atoms with van der Waals surface area (Å²) >= 11 is 0. The molecule has 0 N–H and O–H groups in total. The fourth-order valence-corrected chi connectivity index (χ4v) is 4.52. The maximum absolute atomic E-state index is 12.1. The van der Waals surface area contributed by atoms with E-state index < -0.39 is 8.32 Å². The lowest BCUT2D eigenvalue weighted by atomic mass is 9.74. The van der Waals surface area contributed by atoms with Gasteiger partial charge >= 0.3 is 0 Å². The molecule has 2 atom stereocenters. The summed E-state index contributed by atoms with van der Waals surface area (Å²) in [6, 6.07) is 0. The van der Waals surface area contributed by atoms with Crippen LogP contribution in [0, 0.1) is 11.8 Å². The lowest BCUT2D eigenvalue weighted by Gasteiger charge is -2.41. The first kappa shape index (κ1) is 13.9. The first-order valence-electron chi connectivity index (χ1n) is 6.35. The fraction of sp³-hybridized carbons (Fsp3) is 0.923. The smallest absolute Gasteiger partial charge is 0.184 e. The minimum atomic E-state index is -1.58. The number of carbonyl (C=O) groups excluding carboxylic acids is 1. The monoisotopic (exact) mass is 242 g/mol. The summed E-state index contributed by atoms with van der Waals surface area (Å²) in [5.41, 5.74) is -0.276. The van der Waals surface area contributed by atoms with Crippen molar-refractivity contribution in [3.63, 3.8) is 0 Å². The summed E-state index contributed by atoms with van der Waals surface area (Å²) in [6.07, 6.45) is 2.90. The third-order valence-corrected chi connectivity index (χ3v) is 4.43. The standard InChI is InChI=1S/C13H26O2Si/c1-10-7-8-11(12(14)9-10)13(2,3)15-16(4,5)6/h10-11H,7-9H2,1-6H3/t10-,11?/m0/s1. The molecular weight excluding hydrogens is 216 g/mol. The molecule has 3 heteroatoms. The minimum absolute atomic E-state index is 0.107. The van der Waals surface area contributed by atoms with Crippen molar-refractivity contribution in [2.75, 3.05) is 0 Å². The lowest BCUT2D eigenvalue weighted by molar-refractivity contribution is -0.133. The first-order chi connectivity index (χ1) is 7.12. The van der Waals surface area contributed by atoms with Gasteiger partial charge in [-0.25, -0.2) is 0 Å². The number of Topliss-reactive ketones (excluding diaryl/α,β-unsaturated/α-hetero) is 1. The van der Waals surface area contributed by atoms with Crippen LogP contribution in [-0.4, -0.2) is 19.7 Å². The van der Waals surface area contributed by atoms with Gasteiger partial charge in [0.25, 0.3) is 0 Å². The molecule has 0 spiro atoms. The van der Waals surface area contributed by atoms with E-state index in [1.807, 2.05) is 0 Å². The van der Waals surface area contributed by atoms with Gasteiger partial charge in [0.15, 0.2) is 8.32 Å². The Labute approximate surface area is 101 Å². The van der Waals surface area contributed by atoms with Crippen LogP contribution in [0.5, 0.6) is 0 Å². The zero-order valence-electron chi connectivity index (χ0n) is 11.6. The first-order valence-corrected chi connectivity index (χ1v) is 9.75. The number of ketones is 1. The molecule has 1 aliphatic rings. The molecule has 1 saturated carbocycles. The van der Waals surface area contributed by atoms with Crippen molar-refractivity contribution in [3.05, 3.63) is 0 Å². The van der Waals surface area contributed by atoms with Gasteiger partial charge in [-0.05, 0) is 52.2 Å². The van der Waals surface area contributed by atoms with Crippen LogP contribution in [0.2, 0.25) is 19.6 Å². The SMILES string of the molecule is C[C@H]1CCC(C(C)(C)O[Si](C)(C)C)C(=O)C1. The van der Waals surface area contributed by atoms with Crippen molar-refractivity contribution in [1.82, 2.24) is 0 Å². The Bertz CT molecular complexity index is 266. The molecule has 0 heterocycles. The van der Waals surface area contributed by atoms with Gasteiger partial charge in [-0.2, -0.15) is 0 Å². The van der Waals surface area contributed by atoms with Crippen LogP contribution in [0.4, 0.5) is 0 Å². The van der Waals surface area contributed by atoms with Gasteiger partial charge in [-0.1, -0.05) is 6.92 Å². The summed E-state index contributed by atoms with van der Waals surface area (Å²) in [4.78, 5) is 12.1. The highest BCUT2D eigenvalue weighted by atomic mass is 28.4. The summed E-state index contributed by atoms with van der Waals surface area (Å²) in [5.74, 6) is 1.07. The maximum atomic E-state index is 12.1. The Kier molecular flexibility index (Phi) is 4.01. The zero-order valence-corrected chi connectivity index (χ0v) is 12.6. The number of hydrogen-bond donors (Lipinski definition) is 0. The highest BCUT2D eigenvalue weighted by Crippen LogP contribution is 2.36. The van der Waals surface area contributed by atoms with Gasteiger partial charge in [-0.3, -0.25) is 4.79 Å². The van der Waals surface area contributed by atoms with Gasteiger partial charge in [0.1, 0.15) is 5.78 Å². The van der Waals surface area contributed by atoms with E-state index in [0.717, 1.165) is 19.3 Å². The minimum Gasteiger partial charge on any atom is -0.412 e. The predicted octanol–water partition coefficient (Wildman–Crippen LogP) is 3.62. The van der Waals surface area contributed by atoms with E-state index in [1.165, 1.54) is 0 Å². The molecule has 0 aromatic rings. The summed E-state index contributed by atoms with van der Waals surface area (Å²) < 4.78 is 6.19. The van der Waals surface area contributed by atoms with E-state index in [2.05, 4.69) is 40.4 Å². The largest absolute Gasteiger partial charge is 0.412 e. The second-order valence-electron chi connectivity index (χ2n) is 6.72. The number of carbonyl (C=O) groups is 1. The maximum Gasteiger partial charge on any atom is 0.184 e. The summed E-state index contributed by atoms with van der Waals surface area (Å²) in [6.45, 7) is 12.9. The van der Waals surface area contributed by atoms with Crippen molar-refractivity contribution in [2.45, 2.75) is 65.3 Å². The summed E-state index contributed by atoms with van der Waals surface area (Å²) in [7, 11) is -1.58. The van der Waals surface area contributed by atoms with Gasteiger partial charge < -0.3 is 4.43 Å². The van der Waals surface area contributed by atoms with E-state index in [-0.39, 0.29) is 11.5 Å². The third kappa shape index (κ3) is 3.70. The molecule has 0 aromatic heterocycles. The molecule has 1 aliphatic carbocycles. The van der Waals surface area contributed by atoms with Gasteiger partial charge in [0.2, 0.25) is 0 Å². The normalized spacial score (nSPS) is 28.2. The molecule has 16 heavy (non-hydrogen) atoms. The Hall–Kier alpha value is -0.153. The van der Waals surface area contributed by atoms with E-state index in [0.29, 0.717) is 11.7 Å². The average Bonchev–Trinajstić information content (AvgIpc) is 1.97. The lowest BCUT2D eigenvalue weighted by Crippen LogP contribution is -2.48. The van der Waals surface area contributed by atoms with Crippen LogP contribution in [0.15, 0.2) is 0 Å². The third-order valence-electron chi connectivity index (χ3n) is 3.29. The van der Waals surface area contributed by atoms with E-state index in [1.54, 1.807) is 0 Å². The van der Waals surface area contributed by atoms with Crippen molar-refractivity contribution in [1.29, 1.82) is 0 Å². The molecular formula is C13H26O2Si. The molecule has 0 radical (unpaired) electrons. The number of rotatable bonds is 3. The predicted molar refractivity (Wildman–Crippen MR) is 70.0 cm³/mol. The van der Waals surface area contributed by atoms with Gasteiger partial charge in [0, 0.05) is 12.3 Å². The Morgan fingerprint density at radius 3 is 2.25 bits per heavy atom. The molecule has 1 rings (SSSR count). The second kappa shape index (κ2) is 4.61. The van der Waals surface area contributed by atoms with Gasteiger partial charge in [-0.15, -0.1) is 0 Å². The molecule has 0 amide bonds. The van der Waals surface area contributed by atoms with Gasteiger partial charge in [0.05, 0.1) is 5.60 Å². The molecule has 0 aromatic carbocycles. The van der Waals surface area contributed by atoms with Crippen molar-refractivity contribution < 1.29 is 9.22 Å². The highest BCUT2D eigenvalue weighted by Gasteiger charge is 2.41. The quantitative estimate of drug-likeness (QED) is 0.707. The highest BCUT2D eigenvalue weighted by molar-refractivity contribution is 6.69. The Balaban J connectivity index is 2.72. The van der Waals surface area contributed by atoms with Crippen molar-refractivity contribution in [2.24, 2.45) is 11.8 Å². The Morgan fingerprint density at radius 2 is 1.81 bits per heavy atom. The summed E-state index contributed by atoms with van der Waals surface area (Å²) in [5, 5.41) is 0. The number of hydrogen-bond acceptors (Lipinski definition) is 2. The average molecular weight is 242 g/mol. The molecule has 0 saturated heterocycles. The van der Waals surface area contributed by atoms with E-state index in [4.69, 9.17) is 4.43 Å². The van der Waals surface area contributed by atoms with Crippen LogP contribution in [-0.2, 0) is 9.22 Å². The molecule has 0 aliphatic heterocycles. The molecule has 1 fully saturated rings. The van der Waals surface area contributed by atoms with Crippen LogP contribution in [0.25, 0.3) is 0 Å². The van der Waals surface area contributed by atoms with Crippen LogP contribution >= 0.6 is 0 Å². The van der Waals surface area contributed by atoms with Crippen LogP contribution in [0.3, 0.4) is 0 Å². The fourth-order valence-electron chi connectivity index (χ4n) is 2.80. The van der Waals surface area contributed by atoms with E-state index >= 15 is 0 Å². The Morgan fingerprint density at radius 1 is 1.25 bits per heavy atom. The van der Waals surface area contributed by atoms with Crippen molar-refractivity contribution >= 4 is 14.1 Å². The zero-order chi connectivity index (χ0) is 12.6. The molecule has 0 bridgehead atoms. The topological polar surface area (TPSA) is 26.3 Å². The van der Waals surface area contributed by atoms with E-state index in [9.17, 15) is 4.79 Å². The van der Waals surface area contributed by atoms with Crippen LogP contribution < -0.4 is 0 Å². The molecule has 1 unspecified atom stereocenters. The molecule has 2 nitrogen and oxygen atoms in total. The second-order valence-corrected chi connectivity index (χ2v) is 11.2. The molecule has 94 valence electrons. The van der Waals surface area contributed by atoms with Crippen LogP contribution in [0.1, 0.15) is 40.0 Å².